The Balaban J connectivity index is 2.11. The summed E-state index contributed by atoms with van der Waals surface area (Å²) in [6.07, 6.45) is 1.72. The zero-order valence-electron chi connectivity index (χ0n) is 10.5. The first-order chi connectivity index (χ1) is 9.22. The molecule has 1 aromatic heterocycles. The molecule has 0 unspecified atom stereocenters. The van der Waals surface area contributed by atoms with Gasteiger partial charge in [0.1, 0.15) is 6.61 Å². The fraction of sp³-hybridized carbons (Fsp3) is 0.214. The molecule has 100 valence electrons. The molecular weight excluding hydrogens is 310 g/mol. The van der Waals surface area contributed by atoms with Gasteiger partial charge in [0, 0.05) is 10.7 Å². The first-order valence-electron chi connectivity index (χ1n) is 5.74. The summed E-state index contributed by atoms with van der Waals surface area (Å²) < 4.78 is 11.8. The molecule has 0 amide bonds. The minimum absolute atomic E-state index is 0.0309. The fourth-order valence-corrected chi connectivity index (χ4v) is 1.81. The van der Waals surface area contributed by atoms with Crippen LogP contribution in [0.4, 0.5) is 0 Å². The number of hydrogen-bond acceptors (Lipinski definition) is 4. The molecule has 1 aromatic carbocycles. The Morgan fingerprint density at radius 3 is 2.68 bits per heavy atom. The van der Waals surface area contributed by atoms with Gasteiger partial charge < -0.3 is 14.6 Å². The highest BCUT2D eigenvalue weighted by molar-refractivity contribution is 9.10. The third-order valence-electron chi connectivity index (χ3n) is 2.57. The Kier molecular flexibility index (Phi) is 4.76. The maximum absolute atomic E-state index is 9.13. The van der Waals surface area contributed by atoms with Crippen LogP contribution in [0.15, 0.2) is 41.0 Å². The summed E-state index contributed by atoms with van der Waals surface area (Å²) in [5.74, 6) is 1.23. The molecule has 4 nitrogen and oxygen atoms in total. The number of benzene rings is 1. The standard InChI is InChI=1S/C14H14BrNO3/c1-18-13-5-2-10(8-17)6-14(13)19-9-12-4-3-11(15)7-16-12/h2-7,17H,8-9H2,1H3. The number of hydrogen-bond donors (Lipinski definition) is 1. The van der Waals surface area contributed by atoms with Crippen molar-refractivity contribution in [2.45, 2.75) is 13.2 Å². The van der Waals surface area contributed by atoms with E-state index >= 15 is 0 Å². The molecule has 0 radical (unpaired) electrons. The molecule has 5 heteroatoms. The lowest BCUT2D eigenvalue weighted by molar-refractivity contribution is 0.270. The topological polar surface area (TPSA) is 51.6 Å². The van der Waals surface area contributed by atoms with E-state index in [1.807, 2.05) is 12.1 Å². The number of aliphatic hydroxyl groups excluding tert-OH is 1. The van der Waals surface area contributed by atoms with Crippen molar-refractivity contribution in [2.24, 2.45) is 0 Å². The van der Waals surface area contributed by atoms with Crippen LogP contribution in [0.5, 0.6) is 11.5 Å². The number of halogens is 1. The third-order valence-corrected chi connectivity index (χ3v) is 3.04. The van der Waals surface area contributed by atoms with Crippen molar-refractivity contribution < 1.29 is 14.6 Å². The molecule has 0 spiro atoms. The summed E-state index contributed by atoms with van der Waals surface area (Å²) in [5, 5.41) is 9.13. The largest absolute Gasteiger partial charge is 0.493 e. The normalized spacial score (nSPS) is 10.3. The molecule has 1 N–H and O–H groups in total. The van der Waals surface area contributed by atoms with E-state index < -0.39 is 0 Å². The Hall–Kier alpha value is -1.59. The van der Waals surface area contributed by atoms with Crippen molar-refractivity contribution in [3.05, 3.63) is 52.3 Å². The Labute approximate surface area is 120 Å². The van der Waals surface area contributed by atoms with Crippen LogP contribution in [-0.2, 0) is 13.2 Å². The van der Waals surface area contributed by atoms with E-state index in [2.05, 4.69) is 20.9 Å². The van der Waals surface area contributed by atoms with Gasteiger partial charge in [0.2, 0.25) is 0 Å². The first kappa shape index (κ1) is 13.8. The van der Waals surface area contributed by atoms with Crippen molar-refractivity contribution in [3.8, 4) is 11.5 Å². The van der Waals surface area contributed by atoms with E-state index in [1.165, 1.54) is 0 Å². The monoisotopic (exact) mass is 323 g/mol. The van der Waals surface area contributed by atoms with Gasteiger partial charge in [-0.3, -0.25) is 4.98 Å². The molecule has 0 saturated heterocycles. The van der Waals surface area contributed by atoms with Crippen LogP contribution >= 0.6 is 15.9 Å². The van der Waals surface area contributed by atoms with Crippen LogP contribution in [0, 0.1) is 0 Å². The predicted molar refractivity (Wildman–Crippen MR) is 75.2 cm³/mol. The second-order valence-electron chi connectivity index (χ2n) is 3.90. The SMILES string of the molecule is COc1ccc(CO)cc1OCc1ccc(Br)cn1. The Morgan fingerprint density at radius 1 is 1.21 bits per heavy atom. The minimum Gasteiger partial charge on any atom is -0.493 e. The highest BCUT2D eigenvalue weighted by Crippen LogP contribution is 2.28. The van der Waals surface area contributed by atoms with Crippen LogP contribution in [0.1, 0.15) is 11.3 Å². The van der Waals surface area contributed by atoms with E-state index in [1.54, 1.807) is 31.5 Å². The van der Waals surface area contributed by atoms with Gasteiger partial charge in [0.25, 0.3) is 0 Å². The Morgan fingerprint density at radius 2 is 2.05 bits per heavy atom. The quantitative estimate of drug-likeness (QED) is 0.919. The average molecular weight is 324 g/mol. The molecule has 0 atom stereocenters. The summed E-state index contributed by atoms with van der Waals surface area (Å²) in [4.78, 5) is 4.23. The summed E-state index contributed by atoms with van der Waals surface area (Å²) in [6.45, 7) is 0.315. The van der Waals surface area contributed by atoms with Crippen LogP contribution in [0.25, 0.3) is 0 Å². The molecule has 0 aliphatic carbocycles. The molecule has 2 aromatic rings. The van der Waals surface area contributed by atoms with Gasteiger partial charge in [0.05, 0.1) is 19.4 Å². The molecule has 19 heavy (non-hydrogen) atoms. The first-order valence-corrected chi connectivity index (χ1v) is 6.53. The summed E-state index contributed by atoms with van der Waals surface area (Å²) in [6, 6.07) is 9.12. The van der Waals surface area contributed by atoms with Gasteiger partial charge in [-0.15, -0.1) is 0 Å². The fourth-order valence-electron chi connectivity index (χ4n) is 1.58. The molecule has 0 bridgehead atoms. The highest BCUT2D eigenvalue weighted by Gasteiger charge is 2.06. The highest BCUT2D eigenvalue weighted by atomic mass is 79.9. The van der Waals surface area contributed by atoms with Crippen LogP contribution in [-0.4, -0.2) is 17.2 Å². The van der Waals surface area contributed by atoms with Gasteiger partial charge in [-0.1, -0.05) is 6.07 Å². The number of pyridine rings is 1. The summed E-state index contributed by atoms with van der Waals surface area (Å²) in [7, 11) is 1.58. The van der Waals surface area contributed by atoms with E-state index in [0.29, 0.717) is 18.1 Å². The second-order valence-corrected chi connectivity index (χ2v) is 4.82. The van der Waals surface area contributed by atoms with E-state index in [9.17, 15) is 0 Å². The number of aliphatic hydroxyl groups is 1. The van der Waals surface area contributed by atoms with Crippen LogP contribution < -0.4 is 9.47 Å². The van der Waals surface area contributed by atoms with Gasteiger partial charge >= 0.3 is 0 Å². The van der Waals surface area contributed by atoms with Crippen LogP contribution in [0.2, 0.25) is 0 Å². The number of ether oxygens (including phenoxy) is 2. The number of aromatic nitrogens is 1. The van der Waals surface area contributed by atoms with Gasteiger partial charge in [-0.2, -0.15) is 0 Å². The van der Waals surface area contributed by atoms with Crippen molar-refractivity contribution in [3.63, 3.8) is 0 Å². The summed E-state index contributed by atoms with van der Waals surface area (Å²) >= 11 is 3.33. The molecule has 2 rings (SSSR count). The molecule has 0 fully saturated rings. The predicted octanol–water partition coefficient (Wildman–Crippen LogP) is 2.92. The average Bonchev–Trinajstić information content (AvgIpc) is 2.46. The lowest BCUT2D eigenvalue weighted by Crippen LogP contribution is -2.00. The van der Waals surface area contributed by atoms with Crippen LogP contribution in [0.3, 0.4) is 0 Å². The zero-order chi connectivity index (χ0) is 13.7. The van der Waals surface area contributed by atoms with Crippen molar-refractivity contribution in [1.82, 2.24) is 4.98 Å². The zero-order valence-corrected chi connectivity index (χ0v) is 12.1. The lowest BCUT2D eigenvalue weighted by atomic mass is 10.2. The molecule has 0 saturated carbocycles. The molecule has 1 heterocycles. The third kappa shape index (κ3) is 3.68. The summed E-state index contributed by atoms with van der Waals surface area (Å²) in [5.41, 5.74) is 1.60. The van der Waals surface area contributed by atoms with Crippen molar-refractivity contribution in [2.75, 3.05) is 7.11 Å². The minimum atomic E-state index is -0.0309. The second kappa shape index (κ2) is 6.54. The lowest BCUT2D eigenvalue weighted by Gasteiger charge is -2.11. The number of methoxy groups -OCH3 is 1. The van der Waals surface area contributed by atoms with E-state index in [0.717, 1.165) is 15.7 Å². The maximum atomic E-state index is 9.13. The van der Waals surface area contributed by atoms with Gasteiger partial charge in [-0.25, -0.2) is 0 Å². The smallest absolute Gasteiger partial charge is 0.162 e. The van der Waals surface area contributed by atoms with Crippen molar-refractivity contribution >= 4 is 15.9 Å². The van der Waals surface area contributed by atoms with Gasteiger partial charge in [0.15, 0.2) is 11.5 Å². The van der Waals surface area contributed by atoms with Gasteiger partial charge in [-0.05, 0) is 45.8 Å². The number of rotatable bonds is 5. The molecule has 0 aliphatic rings. The maximum Gasteiger partial charge on any atom is 0.162 e. The molecular formula is C14H14BrNO3. The van der Waals surface area contributed by atoms with Crippen molar-refractivity contribution in [1.29, 1.82) is 0 Å². The Bertz CT molecular complexity index is 543. The van der Waals surface area contributed by atoms with E-state index in [4.69, 9.17) is 14.6 Å². The van der Waals surface area contributed by atoms with E-state index in [-0.39, 0.29) is 6.61 Å². The number of nitrogens with zero attached hydrogens (tertiary/aromatic N) is 1. The molecule has 0 aliphatic heterocycles.